The van der Waals surface area contributed by atoms with Crippen molar-refractivity contribution in [1.82, 2.24) is 9.80 Å². The summed E-state index contributed by atoms with van der Waals surface area (Å²) in [5, 5.41) is 0.379. The van der Waals surface area contributed by atoms with Gasteiger partial charge in [0.15, 0.2) is 11.5 Å². The standard InChI is InChI=1S/C23H23ClN2O4/c24-19-11-18(12-20-21(19)30-14-29-20)23(28)25-8-6-16(7-9-25)22(27)26-10-5-15-3-1-2-4-17(15)13-26/h1-4,11-12,16H,5-10,13-14H2. The van der Waals surface area contributed by atoms with Crippen LogP contribution in [0.3, 0.4) is 0 Å². The van der Waals surface area contributed by atoms with Crippen molar-refractivity contribution in [3.8, 4) is 11.5 Å². The third-order valence-corrected chi connectivity index (χ3v) is 6.53. The van der Waals surface area contributed by atoms with E-state index in [0.717, 1.165) is 13.0 Å². The number of hydrogen-bond acceptors (Lipinski definition) is 4. The van der Waals surface area contributed by atoms with Crippen LogP contribution in [-0.4, -0.2) is 48.0 Å². The van der Waals surface area contributed by atoms with Gasteiger partial charge < -0.3 is 19.3 Å². The highest BCUT2D eigenvalue weighted by Crippen LogP contribution is 2.40. The molecule has 3 aliphatic rings. The number of likely N-dealkylation sites (tertiary alicyclic amines) is 1. The molecule has 1 saturated heterocycles. The quantitative estimate of drug-likeness (QED) is 0.737. The predicted octanol–water partition coefficient (Wildman–Crippen LogP) is 3.51. The van der Waals surface area contributed by atoms with Gasteiger partial charge >= 0.3 is 0 Å². The van der Waals surface area contributed by atoms with Gasteiger partial charge in [-0.15, -0.1) is 0 Å². The van der Waals surface area contributed by atoms with Crippen molar-refractivity contribution in [2.24, 2.45) is 5.92 Å². The molecule has 6 nitrogen and oxygen atoms in total. The SMILES string of the molecule is O=C(c1cc(Cl)c2c(c1)OCO2)N1CCC(C(=O)N2CCc3ccccc3C2)CC1. The lowest BCUT2D eigenvalue weighted by Crippen LogP contribution is -2.45. The number of fused-ring (bicyclic) bond motifs is 2. The van der Waals surface area contributed by atoms with Crippen molar-refractivity contribution in [3.05, 3.63) is 58.1 Å². The van der Waals surface area contributed by atoms with Gasteiger partial charge in [-0.3, -0.25) is 9.59 Å². The van der Waals surface area contributed by atoms with Gasteiger partial charge in [0.25, 0.3) is 5.91 Å². The van der Waals surface area contributed by atoms with E-state index in [1.54, 1.807) is 17.0 Å². The summed E-state index contributed by atoms with van der Waals surface area (Å²) in [7, 11) is 0. The van der Waals surface area contributed by atoms with Crippen LogP contribution in [0.1, 0.15) is 34.3 Å². The van der Waals surface area contributed by atoms with E-state index in [4.69, 9.17) is 21.1 Å². The van der Waals surface area contributed by atoms with Gasteiger partial charge in [-0.1, -0.05) is 35.9 Å². The first kappa shape index (κ1) is 19.2. The number of nitrogens with zero attached hydrogens (tertiary/aromatic N) is 2. The lowest BCUT2D eigenvalue weighted by atomic mass is 9.92. The van der Waals surface area contributed by atoms with Crippen molar-refractivity contribution in [3.63, 3.8) is 0 Å². The average molecular weight is 427 g/mol. The van der Waals surface area contributed by atoms with Crippen molar-refractivity contribution in [2.45, 2.75) is 25.8 Å². The Labute approximate surface area is 180 Å². The molecule has 0 spiro atoms. The average Bonchev–Trinajstić information content (AvgIpc) is 3.27. The first-order valence-electron chi connectivity index (χ1n) is 10.3. The Balaban J connectivity index is 1.21. The van der Waals surface area contributed by atoms with Crippen LogP contribution in [0.2, 0.25) is 5.02 Å². The Morgan fingerprint density at radius 3 is 2.53 bits per heavy atom. The van der Waals surface area contributed by atoms with Crippen LogP contribution in [0, 0.1) is 5.92 Å². The number of ether oxygens (including phenoxy) is 2. The summed E-state index contributed by atoms with van der Waals surface area (Å²) in [5.74, 6) is 1.08. The Bertz CT molecular complexity index is 1000. The van der Waals surface area contributed by atoms with Crippen molar-refractivity contribution in [1.29, 1.82) is 0 Å². The molecule has 7 heteroatoms. The zero-order valence-corrected chi connectivity index (χ0v) is 17.4. The fourth-order valence-corrected chi connectivity index (χ4v) is 4.81. The van der Waals surface area contributed by atoms with E-state index in [-0.39, 0.29) is 24.5 Å². The van der Waals surface area contributed by atoms with Gasteiger partial charge in [-0.05, 0) is 42.5 Å². The molecule has 0 radical (unpaired) electrons. The van der Waals surface area contributed by atoms with Gasteiger partial charge in [-0.25, -0.2) is 0 Å². The highest BCUT2D eigenvalue weighted by atomic mass is 35.5. The molecular weight excluding hydrogens is 404 g/mol. The third-order valence-electron chi connectivity index (χ3n) is 6.25. The molecule has 156 valence electrons. The zero-order valence-electron chi connectivity index (χ0n) is 16.6. The number of benzene rings is 2. The molecule has 0 aliphatic carbocycles. The maximum absolute atomic E-state index is 13.1. The van der Waals surface area contributed by atoms with E-state index in [1.165, 1.54) is 11.1 Å². The van der Waals surface area contributed by atoms with E-state index in [2.05, 4.69) is 18.2 Å². The Hall–Kier alpha value is -2.73. The van der Waals surface area contributed by atoms with Crippen molar-refractivity contribution >= 4 is 23.4 Å². The summed E-state index contributed by atoms with van der Waals surface area (Å²) in [6.07, 6.45) is 2.27. The molecule has 2 aromatic rings. The van der Waals surface area contributed by atoms with Gasteiger partial charge in [0.1, 0.15) is 0 Å². The molecule has 30 heavy (non-hydrogen) atoms. The van der Waals surface area contributed by atoms with Crippen LogP contribution in [0.5, 0.6) is 11.5 Å². The van der Waals surface area contributed by atoms with Gasteiger partial charge in [0, 0.05) is 37.7 Å². The van der Waals surface area contributed by atoms with Crippen molar-refractivity contribution < 1.29 is 19.1 Å². The molecule has 1 fully saturated rings. The first-order chi connectivity index (χ1) is 14.6. The van der Waals surface area contributed by atoms with Crippen LogP contribution in [-0.2, 0) is 17.8 Å². The lowest BCUT2D eigenvalue weighted by Gasteiger charge is -2.36. The normalized spacial score (nSPS) is 18.3. The van der Waals surface area contributed by atoms with Crippen molar-refractivity contribution in [2.75, 3.05) is 26.4 Å². The number of hydrogen-bond donors (Lipinski definition) is 0. The summed E-state index contributed by atoms with van der Waals surface area (Å²) in [6.45, 7) is 2.69. The van der Waals surface area contributed by atoms with Crippen LogP contribution < -0.4 is 9.47 Å². The molecule has 0 saturated carbocycles. The summed E-state index contributed by atoms with van der Waals surface area (Å²) in [5.41, 5.74) is 3.07. The molecule has 3 heterocycles. The first-order valence-corrected chi connectivity index (χ1v) is 10.7. The van der Waals surface area contributed by atoms with Gasteiger partial charge in [-0.2, -0.15) is 0 Å². The zero-order chi connectivity index (χ0) is 20.7. The molecule has 0 N–H and O–H groups in total. The monoisotopic (exact) mass is 426 g/mol. The van der Waals surface area contributed by atoms with E-state index in [1.807, 2.05) is 11.0 Å². The number of carbonyl (C=O) groups is 2. The largest absolute Gasteiger partial charge is 0.454 e. The number of carbonyl (C=O) groups excluding carboxylic acids is 2. The maximum atomic E-state index is 13.1. The Morgan fingerprint density at radius 1 is 0.967 bits per heavy atom. The number of rotatable bonds is 2. The van der Waals surface area contributed by atoms with E-state index >= 15 is 0 Å². The topological polar surface area (TPSA) is 59.1 Å². The number of amides is 2. The molecular formula is C23H23ClN2O4. The second kappa shape index (κ2) is 7.84. The van der Waals surface area contributed by atoms with Gasteiger partial charge in [0.2, 0.25) is 12.7 Å². The molecule has 0 unspecified atom stereocenters. The number of halogens is 1. The third kappa shape index (κ3) is 3.49. The second-order valence-electron chi connectivity index (χ2n) is 8.04. The molecule has 2 aromatic carbocycles. The van der Waals surface area contributed by atoms with Crippen LogP contribution in [0.15, 0.2) is 36.4 Å². The molecule has 0 atom stereocenters. The maximum Gasteiger partial charge on any atom is 0.254 e. The van der Waals surface area contributed by atoms with Crippen LogP contribution >= 0.6 is 11.6 Å². The van der Waals surface area contributed by atoms with Crippen LogP contribution in [0.25, 0.3) is 0 Å². The lowest BCUT2D eigenvalue weighted by molar-refractivity contribution is -0.137. The number of piperidine rings is 1. The predicted molar refractivity (Wildman–Crippen MR) is 112 cm³/mol. The van der Waals surface area contributed by atoms with E-state index in [9.17, 15) is 9.59 Å². The summed E-state index contributed by atoms with van der Waals surface area (Å²) in [6, 6.07) is 11.6. The fourth-order valence-electron chi connectivity index (χ4n) is 4.54. The minimum absolute atomic E-state index is 0.0281. The molecule has 0 bridgehead atoms. The Morgan fingerprint density at radius 2 is 1.73 bits per heavy atom. The van der Waals surface area contributed by atoms with Gasteiger partial charge in [0.05, 0.1) is 5.02 Å². The molecule has 0 aromatic heterocycles. The highest BCUT2D eigenvalue weighted by Gasteiger charge is 2.32. The summed E-state index contributed by atoms with van der Waals surface area (Å²) < 4.78 is 10.7. The van der Waals surface area contributed by atoms with E-state index < -0.39 is 0 Å². The molecule has 3 aliphatic heterocycles. The van der Waals surface area contributed by atoms with Crippen LogP contribution in [0.4, 0.5) is 0 Å². The van der Waals surface area contributed by atoms with E-state index in [0.29, 0.717) is 54.6 Å². The highest BCUT2D eigenvalue weighted by molar-refractivity contribution is 6.32. The minimum Gasteiger partial charge on any atom is -0.454 e. The summed E-state index contributed by atoms with van der Waals surface area (Å²) >= 11 is 6.22. The summed E-state index contributed by atoms with van der Waals surface area (Å²) in [4.78, 5) is 29.8. The fraction of sp³-hybridized carbons (Fsp3) is 0.391. The minimum atomic E-state index is -0.0898. The molecule has 5 rings (SSSR count). The molecule has 2 amide bonds. The second-order valence-corrected chi connectivity index (χ2v) is 8.44. The smallest absolute Gasteiger partial charge is 0.254 e. The Kier molecular flexibility index (Phi) is 5.03.